The molecule has 0 aliphatic heterocycles. The molecule has 0 heterocycles. The summed E-state index contributed by atoms with van der Waals surface area (Å²) in [4.78, 5) is 0. The van der Waals surface area contributed by atoms with Crippen molar-refractivity contribution in [3.05, 3.63) is 34.9 Å². The molecule has 11 heteroatoms. The highest BCUT2D eigenvalue weighted by molar-refractivity contribution is 5.42. The van der Waals surface area contributed by atoms with Crippen molar-refractivity contribution in [3.63, 3.8) is 0 Å². The molecule has 132 valence electrons. The van der Waals surface area contributed by atoms with Gasteiger partial charge in [0.15, 0.2) is 0 Å². The smallest absolute Gasteiger partial charge is 0.396 e. The van der Waals surface area contributed by atoms with Crippen molar-refractivity contribution in [2.75, 3.05) is 6.61 Å². The molecule has 0 unspecified atom stereocenters. The largest absolute Gasteiger partial charge is 0.458 e. The summed E-state index contributed by atoms with van der Waals surface area (Å²) in [5.74, 6) is -11.3. The summed E-state index contributed by atoms with van der Waals surface area (Å²) in [7, 11) is 0. The van der Waals surface area contributed by atoms with E-state index in [1.165, 1.54) is 0 Å². The molecule has 0 radical (unpaired) electrons. The lowest BCUT2D eigenvalue weighted by Crippen LogP contribution is -2.38. The third kappa shape index (κ3) is 3.38. The van der Waals surface area contributed by atoms with E-state index in [2.05, 4.69) is 0 Å². The maximum Gasteiger partial charge on any atom is 0.458 e. The number of halogens is 10. The van der Waals surface area contributed by atoms with Crippen LogP contribution in [0.2, 0.25) is 0 Å². The molecule has 0 spiro atoms. The van der Waals surface area contributed by atoms with Crippen molar-refractivity contribution in [1.82, 2.24) is 0 Å². The van der Waals surface area contributed by atoms with Crippen LogP contribution in [0.3, 0.4) is 0 Å². The van der Waals surface area contributed by atoms with Crippen LogP contribution in [0.5, 0.6) is 0 Å². The molecule has 0 bridgehead atoms. The summed E-state index contributed by atoms with van der Waals surface area (Å²) >= 11 is 0. The fraction of sp³-hybridized carbons (Fsp3) is 0.500. The van der Waals surface area contributed by atoms with Gasteiger partial charge in [0, 0.05) is 17.7 Å². The number of aliphatic hydroxyl groups is 1. The topological polar surface area (TPSA) is 20.2 Å². The van der Waals surface area contributed by atoms with E-state index < -0.39 is 53.9 Å². The van der Waals surface area contributed by atoms with Crippen molar-refractivity contribution >= 4 is 0 Å². The highest BCUT2D eigenvalue weighted by Crippen LogP contribution is 2.50. The first-order valence-corrected chi connectivity index (χ1v) is 5.80. The van der Waals surface area contributed by atoms with E-state index in [1.54, 1.807) is 0 Å². The summed E-state index contributed by atoms with van der Waals surface area (Å²) in [6.45, 7) is -1.20. The molecular formula is C12H8F10O. The van der Waals surface area contributed by atoms with E-state index in [0.29, 0.717) is 0 Å². The Labute approximate surface area is 122 Å². The average Bonchev–Trinajstić information content (AvgIpc) is 2.36. The second-order valence-electron chi connectivity index (χ2n) is 4.45. The molecule has 1 aromatic carbocycles. The predicted molar refractivity (Wildman–Crippen MR) is 57.1 cm³/mol. The number of rotatable bonds is 4. The standard InChI is InChI=1S/C12H8F10O/c13-9(14,11(17,18)19)7-2-1-3-8(6(7)4-5-23)10(15,16)12(20,21)22/h1-3,23H,4-5H2. The van der Waals surface area contributed by atoms with E-state index in [9.17, 15) is 43.9 Å². The lowest BCUT2D eigenvalue weighted by Gasteiger charge is -2.27. The van der Waals surface area contributed by atoms with Gasteiger partial charge in [0.1, 0.15) is 0 Å². The van der Waals surface area contributed by atoms with Crippen LogP contribution < -0.4 is 0 Å². The molecular weight excluding hydrogens is 350 g/mol. The quantitative estimate of drug-likeness (QED) is 0.785. The molecule has 0 aromatic heterocycles. The van der Waals surface area contributed by atoms with Crippen molar-refractivity contribution in [2.24, 2.45) is 0 Å². The summed E-state index contributed by atoms with van der Waals surface area (Å²) in [5, 5.41) is 8.65. The normalized spacial score (nSPS) is 14.2. The fourth-order valence-electron chi connectivity index (χ4n) is 1.86. The molecule has 1 nitrogen and oxygen atoms in total. The van der Waals surface area contributed by atoms with Gasteiger partial charge in [0.2, 0.25) is 0 Å². The number of hydrogen-bond donors (Lipinski definition) is 1. The van der Waals surface area contributed by atoms with Gasteiger partial charge < -0.3 is 5.11 Å². The Hall–Kier alpha value is -1.52. The Morgan fingerprint density at radius 3 is 1.30 bits per heavy atom. The van der Waals surface area contributed by atoms with Crippen molar-refractivity contribution < 1.29 is 49.0 Å². The van der Waals surface area contributed by atoms with Gasteiger partial charge in [-0.05, 0) is 12.0 Å². The fourth-order valence-corrected chi connectivity index (χ4v) is 1.86. The molecule has 0 saturated heterocycles. The predicted octanol–water partition coefficient (Wildman–Crippen LogP) is 4.53. The van der Waals surface area contributed by atoms with Crippen molar-refractivity contribution in [1.29, 1.82) is 0 Å². The zero-order valence-electron chi connectivity index (χ0n) is 10.9. The van der Waals surface area contributed by atoms with Crippen LogP contribution in [0, 0.1) is 0 Å². The Balaban J connectivity index is 3.69. The summed E-state index contributed by atoms with van der Waals surface area (Å²) in [6, 6.07) is 0.424. The average molecular weight is 358 g/mol. The van der Waals surface area contributed by atoms with Crippen LogP contribution in [-0.4, -0.2) is 24.1 Å². The molecule has 0 aliphatic rings. The highest BCUT2D eigenvalue weighted by Gasteiger charge is 2.63. The van der Waals surface area contributed by atoms with E-state index in [4.69, 9.17) is 5.11 Å². The molecule has 0 saturated carbocycles. The lowest BCUT2D eigenvalue weighted by atomic mass is 9.90. The van der Waals surface area contributed by atoms with Crippen LogP contribution >= 0.6 is 0 Å². The first-order chi connectivity index (χ1) is 10.2. The summed E-state index contributed by atoms with van der Waals surface area (Å²) < 4.78 is 128. The van der Waals surface area contributed by atoms with E-state index in [0.717, 1.165) is 0 Å². The van der Waals surface area contributed by atoms with Gasteiger partial charge in [0.05, 0.1) is 0 Å². The van der Waals surface area contributed by atoms with Crippen LogP contribution in [0.4, 0.5) is 43.9 Å². The second kappa shape index (κ2) is 5.84. The molecule has 0 atom stereocenters. The van der Waals surface area contributed by atoms with Crippen LogP contribution in [0.25, 0.3) is 0 Å². The van der Waals surface area contributed by atoms with Gasteiger partial charge in [-0.2, -0.15) is 43.9 Å². The maximum absolute atomic E-state index is 13.4. The summed E-state index contributed by atoms with van der Waals surface area (Å²) in [6.07, 6.45) is -13.6. The highest BCUT2D eigenvalue weighted by atomic mass is 19.4. The summed E-state index contributed by atoms with van der Waals surface area (Å²) in [5.41, 5.74) is -5.71. The van der Waals surface area contributed by atoms with Gasteiger partial charge >= 0.3 is 24.2 Å². The zero-order chi connectivity index (χ0) is 18.3. The molecule has 0 amide bonds. The second-order valence-corrected chi connectivity index (χ2v) is 4.45. The molecule has 1 rings (SSSR count). The molecule has 23 heavy (non-hydrogen) atoms. The molecule has 0 aliphatic carbocycles. The van der Waals surface area contributed by atoms with E-state index >= 15 is 0 Å². The van der Waals surface area contributed by atoms with Crippen LogP contribution in [0.15, 0.2) is 18.2 Å². The Kier molecular flexibility index (Phi) is 4.96. The lowest BCUT2D eigenvalue weighted by molar-refractivity contribution is -0.292. The number of benzene rings is 1. The molecule has 1 aromatic rings. The number of aliphatic hydroxyl groups excluding tert-OH is 1. The number of hydrogen-bond acceptors (Lipinski definition) is 1. The van der Waals surface area contributed by atoms with Crippen LogP contribution in [-0.2, 0) is 18.3 Å². The molecule has 0 fully saturated rings. The van der Waals surface area contributed by atoms with Crippen molar-refractivity contribution in [2.45, 2.75) is 30.6 Å². The van der Waals surface area contributed by atoms with Gasteiger partial charge in [-0.25, -0.2) is 0 Å². The van der Waals surface area contributed by atoms with Gasteiger partial charge in [-0.3, -0.25) is 0 Å². The van der Waals surface area contributed by atoms with Crippen LogP contribution in [0.1, 0.15) is 16.7 Å². The first kappa shape index (κ1) is 19.5. The maximum atomic E-state index is 13.4. The van der Waals surface area contributed by atoms with E-state index in [-0.39, 0.29) is 18.2 Å². The Morgan fingerprint density at radius 1 is 0.696 bits per heavy atom. The zero-order valence-corrected chi connectivity index (χ0v) is 10.9. The Morgan fingerprint density at radius 2 is 1.04 bits per heavy atom. The minimum atomic E-state index is -6.21. The molecule has 1 N–H and O–H groups in total. The van der Waals surface area contributed by atoms with Gasteiger partial charge in [-0.15, -0.1) is 0 Å². The first-order valence-electron chi connectivity index (χ1n) is 5.80. The third-order valence-electron chi connectivity index (χ3n) is 2.93. The SMILES string of the molecule is OCCc1c(C(F)(F)C(F)(F)F)cccc1C(F)(F)C(F)(F)F. The third-order valence-corrected chi connectivity index (χ3v) is 2.93. The van der Waals surface area contributed by atoms with Gasteiger partial charge in [0.25, 0.3) is 0 Å². The minimum absolute atomic E-state index is 0.0917. The Bertz CT molecular complexity index is 514. The van der Waals surface area contributed by atoms with Crippen molar-refractivity contribution in [3.8, 4) is 0 Å². The monoisotopic (exact) mass is 358 g/mol. The van der Waals surface area contributed by atoms with E-state index in [1.807, 2.05) is 0 Å². The minimum Gasteiger partial charge on any atom is -0.396 e. The van der Waals surface area contributed by atoms with Gasteiger partial charge in [-0.1, -0.05) is 18.2 Å². The number of alkyl halides is 10.